The monoisotopic (exact) mass is 241 g/mol. The summed E-state index contributed by atoms with van der Waals surface area (Å²) < 4.78 is 10.8. The molecule has 1 aromatic carbocycles. The Balaban J connectivity index is 1.99. The molecule has 0 unspecified atom stereocenters. The number of methoxy groups -OCH3 is 1. The van der Waals surface area contributed by atoms with Crippen LogP contribution in [-0.4, -0.2) is 12.1 Å². The van der Waals surface area contributed by atoms with Gasteiger partial charge in [0.25, 0.3) is 0 Å². The van der Waals surface area contributed by atoms with Gasteiger partial charge < -0.3 is 9.47 Å². The minimum atomic E-state index is 0.518. The van der Waals surface area contributed by atoms with Gasteiger partial charge in [0.05, 0.1) is 12.8 Å². The summed E-state index contributed by atoms with van der Waals surface area (Å²) in [6.45, 7) is 4.20. The number of rotatable bonds is 5. The molecule has 0 saturated carbocycles. The van der Waals surface area contributed by atoms with Crippen molar-refractivity contribution >= 4 is 6.08 Å². The van der Waals surface area contributed by atoms with Crippen LogP contribution in [0.15, 0.2) is 49.2 Å². The summed E-state index contributed by atoms with van der Waals surface area (Å²) in [5.41, 5.74) is 1.90. The Hall–Kier alpha value is -2.29. The first kappa shape index (κ1) is 12.2. The fourth-order valence-electron chi connectivity index (χ4n) is 1.52. The Morgan fingerprint density at radius 1 is 1.17 bits per heavy atom. The van der Waals surface area contributed by atoms with E-state index < -0.39 is 0 Å². The molecule has 0 fully saturated rings. The molecule has 0 saturated heterocycles. The molecule has 3 nitrogen and oxygen atoms in total. The van der Waals surface area contributed by atoms with Gasteiger partial charge in [-0.25, -0.2) is 0 Å². The number of hydrogen-bond donors (Lipinski definition) is 0. The van der Waals surface area contributed by atoms with Crippen molar-refractivity contribution < 1.29 is 9.47 Å². The number of nitrogens with zero attached hydrogens (tertiary/aromatic N) is 1. The average Bonchev–Trinajstić information content (AvgIpc) is 2.46. The lowest BCUT2D eigenvalue weighted by Gasteiger charge is -2.07. The summed E-state index contributed by atoms with van der Waals surface area (Å²) >= 11 is 0. The van der Waals surface area contributed by atoms with Crippen molar-refractivity contribution in [2.75, 3.05) is 7.11 Å². The molecule has 1 heterocycles. The fraction of sp³-hybridized carbons (Fsp3) is 0.133. The van der Waals surface area contributed by atoms with E-state index in [1.165, 1.54) is 0 Å². The lowest BCUT2D eigenvalue weighted by atomic mass is 10.2. The molecule has 0 N–H and O–H groups in total. The highest BCUT2D eigenvalue weighted by Gasteiger charge is 1.98. The van der Waals surface area contributed by atoms with Gasteiger partial charge in [-0.3, -0.25) is 4.98 Å². The van der Waals surface area contributed by atoms with E-state index in [-0.39, 0.29) is 0 Å². The normalized spacial score (nSPS) is 9.83. The number of ether oxygens (including phenoxy) is 2. The van der Waals surface area contributed by atoms with Crippen LogP contribution in [-0.2, 0) is 6.61 Å². The van der Waals surface area contributed by atoms with Crippen LogP contribution in [0, 0.1) is 0 Å². The summed E-state index contributed by atoms with van der Waals surface area (Å²) in [6.07, 6.45) is 3.40. The minimum absolute atomic E-state index is 0.518. The molecule has 0 atom stereocenters. The molecule has 0 spiro atoms. The predicted octanol–water partition coefficient (Wildman–Crippen LogP) is 3.31. The van der Waals surface area contributed by atoms with Crippen molar-refractivity contribution in [3.05, 3.63) is 60.4 Å². The van der Waals surface area contributed by atoms with Gasteiger partial charge in [-0.1, -0.05) is 18.7 Å². The zero-order chi connectivity index (χ0) is 12.8. The second kappa shape index (κ2) is 5.87. The van der Waals surface area contributed by atoms with E-state index in [1.807, 2.05) is 36.4 Å². The van der Waals surface area contributed by atoms with E-state index in [9.17, 15) is 0 Å². The molecule has 3 heteroatoms. The van der Waals surface area contributed by atoms with Crippen LogP contribution in [0.2, 0.25) is 0 Å². The predicted molar refractivity (Wildman–Crippen MR) is 71.7 cm³/mol. The van der Waals surface area contributed by atoms with Crippen LogP contribution in [0.4, 0.5) is 0 Å². The number of hydrogen-bond acceptors (Lipinski definition) is 3. The van der Waals surface area contributed by atoms with E-state index in [4.69, 9.17) is 9.47 Å². The van der Waals surface area contributed by atoms with E-state index in [0.29, 0.717) is 6.61 Å². The van der Waals surface area contributed by atoms with Crippen molar-refractivity contribution in [2.45, 2.75) is 6.61 Å². The maximum Gasteiger partial charge on any atom is 0.123 e. The van der Waals surface area contributed by atoms with Crippen molar-refractivity contribution in [1.82, 2.24) is 4.98 Å². The summed E-state index contributed by atoms with van der Waals surface area (Å²) in [4.78, 5) is 4.12. The molecular formula is C15H15NO2. The van der Waals surface area contributed by atoms with Gasteiger partial charge in [-0.15, -0.1) is 0 Å². The molecule has 2 aromatic rings. The molecular weight excluding hydrogens is 226 g/mol. The van der Waals surface area contributed by atoms with Crippen LogP contribution in [0.25, 0.3) is 6.08 Å². The molecule has 0 aliphatic carbocycles. The van der Waals surface area contributed by atoms with E-state index in [1.54, 1.807) is 19.4 Å². The first-order chi connectivity index (χ1) is 8.81. The number of pyridine rings is 1. The summed E-state index contributed by atoms with van der Waals surface area (Å²) in [5.74, 6) is 1.63. The molecule has 0 radical (unpaired) electrons. The van der Waals surface area contributed by atoms with Crippen LogP contribution >= 0.6 is 0 Å². The van der Waals surface area contributed by atoms with Crippen molar-refractivity contribution in [1.29, 1.82) is 0 Å². The zero-order valence-electron chi connectivity index (χ0n) is 10.3. The third kappa shape index (κ3) is 3.10. The van der Waals surface area contributed by atoms with E-state index in [2.05, 4.69) is 11.6 Å². The smallest absolute Gasteiger partial charge is 0.123 e. The Labute approximate surface area is 107 Å². The first-order valence-corrected chi connectivity index (χ1v) is 5.66. The highest BCUT2D eigenvalue weighted by Crippen LogP contribution is 2.16. The third-order valence-electron chi connectivity index (χ3n) is 2.53. The fourth-order valence-corrected chi connectivity index (χ4v) is 1.52. The molecule has 18 heavy (non-hydrogen) atoms. The molecule has 2 rings (SSSR count). The topological polar surface area (TPSA) is 31.4 Å². The average molecular weight is 241 g/mol. The Morgan fingerprint density at radius 3 is 2.61 bits per heavy atom. The highest BCUT2D eigenvalue weighted by molar-refractivity contribution is 5.44. The molecule has 0 bridgehead atoms. The second-order valence-corrected chi connectivity index (χ2v) is 3.76. The standard InChI is InChI=1S/C15H15NO2/c1-3-13-10-15(8-9-16-13)18-11-12-4-6-14(17-2)7-5-12/h3-10H,1,11H2,2H3. The van der Waals surface area contributed by atoms with Crippen LogP contribution in [0.5, 0.6) is 11.5 Å². The summed E-state index contributed by atoms with van der Waals surface area (Å²) in [5, 5.41) is 0. The Kier molecular flexibility index (Phi) is 3.97. The lowest BCUT2D eigenvalue weighted by molar-refractivity contribution is 0.305. The maximum atomic E-state index is 5.68. The minimum Gasteiger partial charge on any atom is -0.497 e. The van der Waals surface area contributed by atoms with Crippen LogP contribution < -0.4 is 9.47 Å². The van der Waals surface area contributed by atoms with Crippen molar-refractivity contribution in [3.8, 4) is 11.5 Å². The summed E-state index contributed by atoms with van der Waals surface area (Å²) in [7, 11) is 1.65. The van der Waals surface area contributed by atoms with E-state index >= 15 is 0 Å². The molecule has 92 valence electrons. The quantitative estimate of drug-likeness (QED) is 0.804. The maximum absolute atomic E-state index is 5.68. The lowest BCUT2D eigenvalue weighted by Crippen LogP contribution is -1.96. The highest BCUT2D eigenvalue weighted by atomic mass is 16.5. The van der Waals surface area contributed by atoms with E-state index in [0.717, 1.165) is 22.8 Å². The molecule has 1 aromatic heterocycles. The SMILES string of the molecule is C=Cc1cc(OCc2ccc(OC)cc2)ccn1. The van der Waals surface area contributed by atoms with Crippen molar-refractivity contribution in [3.63, 3.8) is 0 Å². The van der Waals surface area contributed by atoms with Crippen molar-refractivity contribution in [2.24, 2.45) is 0 Å². The van der Waals surface area contributed by atoms with Gasteiger partial charge in [0, 0.05) is 12.3 Å². The zero-order valence-corrected chi connectivity index (χ0v) is 10.3. The van der Waals surface area contributed by atoms with Crippen LogP contribution in [0.3, 0.4) is 0 Å². The Morgan fingerprint density at radius 2 is 1.94 bits per heavy atom. The van der Waals surface area contributed by atoms with Crippen LogP contribution in [0.1, 0.15) is 11.3 Å². The van der Waals surface area contributed by atoms with Gasteiger partial charge >= 0.3 is 0 Å². The Bertz CT molecular complexity index is 520. The molecule has 0 aliphatic heterocycles. The molecule has 0 aliphatic rings. The third-order valence-corrected chi connectivity index (χ3v) is 2.53. The first-order valence-electron chi connectivity index (χ1n) is 5.66. The second-order valence-electron chi connectivity index (χ2n) is 3.76. The number of aromatic nitrogens is 1. The van der Waals surface area contributed by atoms with Gasteiger partial charge in [0.1, 0.15) is 18.1 Å². The molecule has 0 amide bonds. The largest absolute Gasteiger partial charge is 0.497 e. The van der Waals surface area contributed by atoms with Gasteiger partial charge in [-0.05, 0) is 29.8 Å². The summed E-state index contributed by atoms with van der Waals surface area (Å²) in [6, 6.07) is 11.5. The number of benzene rings is 1. The van der Waals surface area contributed by atoms with Gasteiger partial charge in [0.15, 0.2) is 0 Å². The van der Waals surface area contributed by atoms with Gasteiger partial charge in [-0.2, -0.15) is 0 Å². The van der Waals surface area contributed by atoms with Gasteiger partial charge in [0.2, 0.25) is 0 Å².